The summed E-state index contributed by atoms with van der Waals surface area (Å²) < 4.78 is 2.19. The Kier molecular flexibility index (Phi) is 4.85. The maximum atomic E-state index is 11.5. The van der Waals surface area contributed by atoms with Crippen LogP contribution in [0.2, 0.25) is 0 Å². The third-order valence-electron chi connectivity index (χ3n) is 4.61. The van der Waals surface area contributed by atoms with E-state index >= 15 is 0 Å². The van der Waals surface area contributed by atoms with Crippen LogP contribution in [0, 0.1) is 11.3 Å². The van der Waals surface area contributed by atoms with Crippen LogP contribution in [0.1, 0.15) is 22.4 Å². The molecule has 0 atom stereocenters. The van der Waals surface area contributed by atoms with E-state index in [1.54, 1.807) is 6.07 Å². The highest BCUT2D eigenvalue weighted by Gasteiger charge is 2.05. The number of hydrogen-bond acceptors (Lipinski definition) is 3. The molecule has 0 aliphatic rings. The Morgan fingerprint density at radius 1 is 0.964 bits per heavy atom. The van der Waals surface area contributed by atoms with Crippen molar-refractivity contribution in [3.8, 4) is 17.5 Å². The number of rotatable bonds is 5. The molecule has 0 aliphatic carbocycles. The van der Waals surface area contributed by atoms with Gasteiger partial charge in [-0.2, -0.15) is 5.26 Å². The highest BCUT2D eigenvalue weighted by Crippen LogP contribution is 2.16. The predicted octanol–water partition coefficient (Wildman–Crippen LogP) is 3.75. The lowest BCUT2D eigenvalue weighted by molar-refractivity contribution is 0.755. The first-order valence-electron chi connectivity index (χ1n) is 8.99. The largest absolute Gasteiger partial charge is 0.347 e. The van der Waals surface area contributed by atoms with E-state index in [9.17, 15) is 4.79 Å². The van der Waals surface area contributed by atoms with Gasteiger partial charge in [0.05, 0.1) is 23.0 Å². The summed E-state index contributed by atoms with van der Waals surface area (Å²) in [6.07, 6.45) is 4.70. The highest BCUT2D eigenvalue weighted by molar-refractivity contribution is 5.53. The molecular weight excluding hydrogens is 348 g/mol. The summed E-state index contributed by atoms with van der Waals surface area (Å²) in [4.78, 5) is 18.7. The Morgan fingerprint density at radius 3 is 2.50 bits per heavy atom. The van der Waals surface area contributed by atoms with Gasteiger partial charge in [-0.1, -0.05) is 24.3 Å². The molecule has 3 heterocycles. The lowest BCUT2D eigenvalue weighted by Gasteiger charge is -2.10. The molecule has 3 aromatic heterocycles. The van der Waals surface area contributed by atoms with Crippen molar-refractivity contribution in [1.29, 1.82) is 5.26 Å². The quantitative estimate of drug-likeness (QED) is 0.584. The van der Waals surface area contributed by atoms with Crippen molar-refractivity contribution in [3.63, 3.8) is 0 Å². The van der Waals surface area contributed by atoms with Gasteiger partial charge in [0.25, 0.3) is 0 Å². The standard InChI is InChI=1S/C23H18N4O/c24-14-18-8-6-17(7-9-18)13-20-3-2-12-27(20)16-19-10-11-21(25-15-19)22-4-1-5-23(28)26-22/h1-12,15H,13,16H2,(H,26,28). The molecule has 5 heteroatoms. The Balaban J connectivity index is 1.50. The molecule has 0 aliphatic heterocycles. The van der Waals surface area contributed by atoms with Gasteiger partial charge in [0.2, 0.25) is 5.56 Å². The smallest absolute Gasteiger partial charge is 0.248 e. The molecule has 0 saturated heterocycles. The van der Waals surface area contributed by atoms with Crippen molar-refractivity contribution < 1.29 is 0 Å². The maximum Gasteiger partial charge on any atom is 0.248 e. The number of pyridine rings is 2. The number of nitriles is 1. The van der Waals surface area contributed by atoms with Crippen LogP contribution in [-0.4, -0.2) is 14.5 Å². The minimum Gasteiger partial charge on any atom is -0.347 e. The second-order valence-electron chi connectivity index (χ2n) is 6.59. The minimum absolute atomic E-state index is 0.136. The number of nitrogens with zero attached hydrogens (tertiary/aromatic N) is 3. The van der Waals surface area contributed by atoms with E-state index in [1.165, 1.54) is 17.3 Å². The molecule has 4 aromatic rings. The van der Waals surface area contributed by atoms with Gasteiger partial charge in [0, 0.05) is 37.1 Å². The lowest BCUT2D eigenvalue weighted by atomic mass is 10.1. The van der Waals surface area contributed by atoms with Crippen LogP contribution in [0.5, 0.6) is 0 Å². The minimum atomic E-state index is -0.136. The molecule has 0 fully saturated rings. The molecule has 1 aromatic carbocycles. The summed E-state index contributed by atoms with van der Waals surface area (Å²) in [5.74, 6) is 0. The van der Waals surface area contributed by atoms with Crippen LogP contribution in [-0.2, 0) is 13.0 Å². The number of benzene rings is 1. The van der Waals surface area contributed by atoms with Crippen LogP contribution in [0.4, 0.5) is 0 Å². The average molecular weight is 366 g/mol. The van der Waals surface area contributed by atoms with Gasteiger partial charge in [-0.15, -0.1) is 0 Å². The molecule has 1 N–H and O–H groups in total. The van der Waals surface area contributed by atoms with E-state index in [-0.39, 0.29) is 5.56 Å². The van der Waals surface area contributed by atoms with Crippen molar-refractivity contribution >= 4 is 0 Å². The zero-order valence-corrected chi connectivity index (χ0v) is 15.2. The summed E-state index contributed by atoms with van der Waals surface area (Å²) in [6.45, 7) is 0.719. The second-order valence-corrected chi connectivity index (χ2v) is 6.59. The Bertz CT molecular complexity index is 1180. The number of nitrogens with one attached hydrogen (secondary N) is 1. The first-order valence-corrected chi connectivity index (χ1v) is 8.99. The first-order chi connectivity index (χ1) is 13.7. The summed E-state index contributed by atoms with van der Waals surface area (Å²) in [6, 6.07) is 23.0. The number of aromatic nitrogens is 3. The predicted molar refractivity (Wildman–Crippen MR) is 108 cm³/mol. The molecule has 4 rings (SSSR count). The monoisotopic (exact) mass is 366 g/mol. The van der Waals surface area contributed by atoms with Crippen molar-refractivity contribution in [2.45, 2.75) is 13.0 Å². The van der Waals surface area contributed by atoms with Gasteiger partial charge in [0.1, 0.15) is 0 Å². The van der Waals surface area contributed by atoms with Crippen molar-refractivity contribution in [1.82, 2.24) is 14.5 Å². The Hall–Kier alpha value is -3.91. The van der Waals surface area contributed by atoms with Crippen LogP contribution in [0.25, 0.3) is 11.4 Å². The van der Waals surface area contributed by atoms with Gasteiger partial charge >= 0.3 is 0 Å². The van der Waals surface area contributed by atoms with E-state index in [0.717, 1.165) is 24.2 Å². The van der Waals surface area contributed by atoms with E-state index in [0.29, 0.717) is 11.3 Å². The summed E-state index contributed by atoms with van der Waals surface area (Å²) in [5, 5.41) is 8.92. The highest BCUT2D eigenvalue weighted by atomic mass is 16.1. The zero-order chi connectivity index (χ0) is 19.3. The number of hydrogen-bond donors (Lipinski definition) is 1. The third-order valence-corrected chi connectivity index (χ3v) is 4.61. The molecule has 0 amide bonds. The molecule has 0 radical (unpaired) electrons. The van der Waals surface area contributed by atoms with Gasteiger partial charge in [0.15, 0.2) is 0 Å². The fraction of sp³-hybridized carbons (Fsp3) is 0.0870. The van der Waals surface area contributed by atoms with Crippen LogP contribution >= 0.6 is 0 Å². The Labute approximate surface area is 162 Å². The van der Waals surface area contributed by atoms with E-state index in [4.69, 9.17) is 5.26 Å². The molecule has 136 valence electrons. The lowest BCUT2D eigenvalue weighted by Crippen LogP contribution is -2.06. The van der Waals surface area contributed by atoms with Crippen LogP contribution < -0.4 is 5.56 Å². The van der Waals surface area contributed by atoms with E-state index in [1.807, 2.05) is 54.7 Å². The van der Waals surface area contributed by atoms with Crippen molar-refractivity contribution in [2.24, 2.45) is 0 Å². The van der Waals surface area contributed by atoms with Crippen LogP contribution in [0.3, 0.4) is 0 Å². The number of aromatic amines is 1. The van der Waals surface area contributed by atoms with E-state index in [2.05, 4.69) is 32.9 Å². The van der Waals surface area contributed by atoms with Gasteiger partial charge in [-0.05, 0) is 47.5 Å². The van der Waals surface area contributed by atoms with Gasteiger partial charge in [-0.25, -0.2) is 0 Å². The SMILES string of the molecule is N#Cc1ccc(Cc2cccn2Cc2ccc(-c3cccc(=O)[nH]3)nc2)cc1. The van der Waals surface area contributed by atoms with Crippen molar-refractivity contribution in [2.75, 3.05) is 0 Å². The number of H-pyrrole nitrogens is 1. The molecule has 0 spiro atoms. The molecule has 0 bridgehead atoms. The molecule has 0 saturated carbocycles. The third kappa shape index (κ3) is 3.92. The fourth-order valence-electron chi connectivity index (χ4n) is 3.14. The van der Waals surface area contributed by atoms with E-state index < -0.39 is 0 Å². The second kappa shape index (κ2) is 7.77. The summed E-state index contributed by atoms with van der Waals surface area (Å²) >= 11 is 0. The Morgan fingerprint density at radius 2 is 1.79 bits per heavy atom. The molecule has 28 heavy (non-hydrogen) atoms. The molecule has 5 nitrogen and oxygen atoms in total. The molecule has 0 unspecified atom stereocenters. The fourth-order valence-corrected chi connectivity index (χ4v) is 3.14. The summed E-state index contributed by atoms with van der Waals surface area (Å²) in [5.41, 5.74) is 5.43. The zero-order valence-electron chi connectivity index (χ0n) is 15.2. The molecular formula is C23H18N4O. The maximum absolute atomic E-state index is 11.5. The van der Waals surface area contributed by atoms with Gasteiger partial charge < -0.3 is 9.55 Å². The first kappa shape index (κ1) is 17.5. The normalized spacial score (nSPS) is 10.5. The summed E-state index contributed by atoms with van der Waals surface area (Å²) in [7, 11) is 0. The van der Waals surface area contributed by atoms with Crippen LogP contribution in [0.15, 0.2) is 83.9 Å². The van der Waals surface area contributed by atoms with Crippen molar-refractivity contribution in [3.05, 3.63) is 112 Å². The topological polar surface area (TPSA) is 74.5 Å². The average Bonchev–Trinajstić information content (AvgIpc) is 3.16. The van der Waals surface area contributed by atoms with Gasteiger partial charge in [-0.3, -0.25) is 9.78 Å².